The Balaban J connectivity index is 2.26. The van der Waals surface area contributed by atoms with E-state index < -0.39 is 5.97 Å². The van der Waals surface area contributed by atoms with Crippen LogP contribution in [-0.2, 0) is 9.53 Å². The fourth-order valence-electron chi connectivity index (χ4n) is 2.07. The van der Waals surface area contributed by atoms with Crippen LogP contribution in [0.1, 0.15) is 16.8 Å². The molecule has 1 saturated heterocycles. The summed E-state index contributed by atoms with van der Waals surface area (Å²) < 4.78 is 6.35. The molecule has 1 aliphatic heterocycles. The number of carboxylic acids is 1. The molecule has 1 aliphatic rings. The molecule has 0 aromatic heterocycles. The monoisotopic (exact) mass is 467 g/mol. The third-order valence-corrected chi connectivity index (χ3v) is 4.81. The first kappa shape index (κ1) is 16.7. The van der Waals surface area contributed by atoms with E-state index in [9.17, 15) is 9.59 Å². The lowest BCUT2D eigenvalue weighted by Gasteiger charge is -2.34. The number of halogens is 2. The van der Waals surface area contributed by atoms with Crippen LogP contribution < -0.4 is 4.90 Å². The molecule has 1 atom stereocenters. The minimum atomic E-state index is -0.973. The lowest BCUT2D eigenvalue weighted by atomic mass is 10.1. The summed E-state index contributed by atoms with van der Waals surface area (Å²) in [6, 6.07) is 4.94. The van der Waals surface area contributed by atoms with Gasteiger partial charge in [0, 0.05) is 16.7 Å². The number of aromatic carboxylic acids is 1. The van der Waals surface area contributed by atoms with Crippen molar-refractivity contribution in [2.75, 3.05) is 29.9 Å². The molecule has 0 unspecified atom stereocenters. The van der Waals surface area contributed by atoms with E-state index in [0.29, 0.717) is 6.54 Å². The highest BCUT2D eigenvalue weighted by molar-refractivity contribution is 14.1. The van der Waals surface area contributed by atoms with Crippen LogP contribution in [0.15, 0.2) is 18.2 Å². The molecule has 1 N–H and O–H groups in total. The second-order valence-electron chi connectivity index (χ2n) is 4.81. The fraction of sp³-hybridized carbons (Fsp3) is 0.429. The molecule has 2 rings (SSSR count). The minimum Gasteiger partial charge on any atom is -0.478 e. The van der Waals surface area contributed by atoms with Gasteiger partial charge in [0.2, 0.25) is 0 Å². The van der Waals surface area contributed by atoms with Crippen molar-refractivity contribution < 1.29 is 19.4 Å². The van der Waals surface area contributed by atoms with E-state index in [1.807, 2.05) is 4.90 Å². The van der Waals surface area contributed by atoms with Crippen molar-refractivity contribution in [1.29, 1.82) is 0 Å². The molecule has 114 valence electrons. The normalized spacial score (nSPS) is 17.1. The zero-order valence-corrected chi connectivity index (χ0v) is 15.0. The number of ketones is 1. The van der Waals surface area contributed by atoms with Crippen molar-refractivity contribution in [3.8, 4) is 0 Å². The molecule has 5 nitrogen and oxygen atoms in total. The van der Waals surface area contributed by atoms with Crippen LogP contribution in [0.4, 0.5) is 5.69 Å². The number of hydrogen-bond donors (Lipinski definition) is 1. The standard InChI is InChI=1S/C14H15BrINO4/c15-6-10(18)7-17(8-11-3-4-21-11)13-5-9(14(19)20)1-2-12(13)16/h1-2,5,11H,3-4,6-8H2,(H,19,20)/t11-/m0/s1. The number of anilines is 1. The molecule has 0 amide bonds. The average Bonchev–Trinajstić information content (AvgIpc) is 2.41. The first-order valence-electron chi connectivity index (χ1n) is 6.48. The summed E-state index contributed by atoms with van der Waals surface area (Å²) in [4.78, 5) is 24.8. The average molecular weight is 468 g/mol. The molecule has 1 fully saturated rings. The number of hydrogen-bond acceptors (Lipinski definition) is 4. The molecular formula is C14H15BrINO4. The summed E-state index contributed by atoms with van der Waals surface area (Å²) >= 11 is 5.32. The second-order valence-corrected chi connectivity index (χ2v) is 6.53. The number of alkyl halides is 1. The van der Waals surface area contributed by atoms with E-state index in [1.165, 1.54) is 0 Å². The summed E-state index contributed by atoms with van der Waals surface area (Å²) in [7, 11) is 0. The van der Waals surface area contributed by atoms with Crippen LogP contribution in [-0.4, -0.2) is 48.0 Å². The van der Waals surface area contributed by atoms with Crippen LogP contribution in [0.2, 0.25) is 0 Å². The number of carboxylic acid groups (broad SMARTS) is 1. The summed E-state index contributed by atoms with van der Waals surface area (Å²) in [6.07, 6.45) is 1.08. The van der Waals surface area contributed by atoms with Gasteiger partial charge in [-0.2, -0.15) is 0 Å². The number of carbonyl (C=O) groups excluding carboxylic acids is 1. The van der Waals surface area contributed by atoms with Crippen molar-refractivity contribution >= 4 is 56.0 Å². The molecule has 0 bridgehead atoms. The Morgan fingerprint density at radius 3 is 2.71 bits per heavy atom. The van der Waals surface area contributed by atoms with Gasteiger partial charge in [-0.1, -0.05) is 15.9 Å². The van der Waals surface area contributed by atoms with Crippen LogP contribution >= 0.6 is 38.5 Å². The van der Waals surface area contributed by atoms with Gasteiger partial charge in [-0.3, -0.25) is 4.79 Å². The fourth-order valence-corrected chi connectivity index (χ4v) is 2.92. The number of ether oxygens (including phenoxy) is 1. The zero-order valence-electron chi connectivity index (χ0n) is 11.2. The van der Waals surface area contributed by atoms with E-state index in [2.05, 4.69) is 38.5 Å². The van der Waals surface area contributed by atoms with E-state index in [1.54, 1.807) is 18.2 Å². The summed E-state index contributed by atoms with van der Waals surface area (Å²) in [6.45, 7) is 1.58. The predicted octanol–water partition coefficient (Wildman–Crippen LogP) is 2.55. The summed E-state index contributed by atoms with van der Waals surface area (Å²) in [5.74, 6) is -0.926. The zero-order chi connectivity index (χ0) is 15.4. The van der Waals surface area contributed by atoms with Gasteiger partial charge in [-0.25, -0.2) is 4.79 Å². The van der Waals surface area contributed by atoms with Gasteiger partial charge < -0.3 is 14.7 Å². The smallest absolute Gasteiger partial charge is 0.335 e. The van der Waals surface area contributed by atoms with Crippen LogP contribution in [0.25, 0.3) is 0 Å². The molecule has 0 saturated carbocycles. The molecule has 1 aromatic rings. The first-order chi connectivity index (χ1) is 10.0. The molecule has 0 spiro atoms. The lowest BCUT2D eigenvalue weighted by molar-refractivity contribution is -0.115. The van der Waals surface area contributed by atoms with Gasteiger partial charge in [0.25, 0.3) is 0 Å². The number of carbonyl (C=O) groups is 2. The Morgan fingerprint density at radius 1 is 1.48 bits per heavy atom. The van der Waals surface area contributed by atoms with Crippen LogP contribution in [0, 0.1) is 3.57 Å². The topological polar surface area (TPSA) is 66.8 Å². The van der Waals surface area contributed by atoms with E-state index in [0.717, 1.165) is 22.3 Å². The molecule has 1 aromatic carbocycles. The molecule has 1 heterocycles. The highest BCUT2D eigenvalue weighted by atomic mass is 127. The van der Waals surface area contributed by atoms with Crippen molar-refractivity contribution in [3.63, 3.8) is 0 Å². The third kappa shape index (κ3) is 4.40. The molecule has 21 heavy (non-hydrogen) atoms. The van der Waals surface area contributed by atoms with Gasteiger partial charge in [0.05, 0.1) is 29.2 Å². The Kier molecular flexibility index (Phi) is 6.00. The maximum atomic E-state index is 11.8. The SMILES string of the molecule is O=C(CBr)CN(C[C@@H]1CCO1)c1cc(C(=O)O)ccc1I. The largest absolute Gasteiger partial charge is 0.478 e. The Hall–Kier alpha value is -0.670. The maximum Gasteiger partial charge on any atom is 0.335 e. The molecule has 0 radical (unpaired) electrons. The van der Waals surface area contributed by atoms with Gasteiger partial charge in [0.1, 0.15) is 0 Å². The minimum absolute atomic E-state index is 0.0471. The van der Waals surface area contributed by atoms with E-state index >= 15 is 0 Å². The third-order valence-electron chi connectivity index (χ3n) is 3.27. The van der Waals surface area contributed by atoms with Gasteiger partial charge in [0.15, 0.2) is 5.78 Å². The number of rotatable bonds is 7. The second kappa shape index (κ2) is 7.55. The maximum absolute atomic E-state index is 11.8. The van der Waals surface area contributed by atoms with Gasteiger partial charge in [-0.05, 0) is 47.2 Å². The number of nitrogens with zero attached hydrogens (tertiary/aromatic N) is 1. The predicted molar refractivity (Wildman–Crippen MR) is 91.5 cm³/mol. The lowest BCUT2D eigenvalue weighted by Crippen LogP contribution is -2.42. The van der Waals surface area contributed by atoms with Crippen LogP contribution in [0.5, 0.6) is 0 Å². The molecular weight excluding hydrogens is 453 g/mol. The van der Waals surface area contributed by atoms with Crippen LogP contribution in [0.3, 0.4) is 0 Å². The molecule has 7 heteroatoms. The van der Waals surface area contributed by atoms with Crippen molar-refractivity contribution in [2.24, 2.45) is 0 Å². The molecule has 0 aliphatic carbocycles. The van der Waals surface area contributed by atoms with E-state index in [-0.39, 0.29) is 29.3 Å². The van der Waals surface area contributed by atoms with Gasteiger partial charge in [-0.15, -0.1) is 0 Å². The summed E-state index contributed by atoms with van der Waals surface area (Å²) in [5, 5.41) is 9.41. The summed E-state index contributed by atoms with van der Waals surface area (Å²) in [5.41, 5.74) is 0.983. The van der Waals surface area contributed by atoms with Gasteiger partial charge >= 0.3 is 5.97 Å². The Bertz CT molecular complexity index is 548. The van der Waals surface area contributed by atoms with Crippen molar-refractivity contribution in [3.05, 3.63) is 27.3 Å². The number of Topliss-reactive ketones (excluding diaryl/α,β-unsaturated/α-hetero) is 1. The van der Waals surface area contributed by atoms with Crippen molar-refractivity contribution in [2.45, 2.75) is 12.5 Å². The highest BCUT2D eigenvalue weighted by Gasteiger charge is 2.24. The highest BCUT2D eigenvalue weighted by Crippen LogP contribution is 2.26. The van der Waals surface area contributed by atoms with Crippen molar-refractivity contribution in [1.82, 2.24) is 0 Å². The number of benzene rings is 1. The van der Waals surface area contributed by atoms with E-state index in [4.69, 9.17) is 9.84 Å². The Labute approximate surface area is 144 Å². The quantitative estimate of drug-likeness (QED) is 0.493. The first-order valence-corrected chi connectivity index (χ1v) is 8.68. The Morgan fingerprint density at radius 2 is 2.19 bits per heavy atom.